The van der Waals surface area contributed by atoms with Gasteiger partial charge >= 0.3 is 0 Å². The van der Waals surface area contributed by atoms with Gasteiger partial charge in [0.05, 0.1) is 18.3 Å². The number of amides is 1. The van der Waals surface area contributed by atoms with Crippen LogP contribution < -0.4 is 5.56 Å². The summed E-state index contributed by atoms with van der Waals surface area (Å²) in [6.45, 7) is 7.25. The zero-order valence-corrected chi connectivity index (χ0v) is 19.8. The highest BCUT2D eigenvalue weighted by atomic mass is 16.2. The van der Waals surface area contributed by atoms with Gasteiger partial charge in [0.25, 0.3) is 5.56 Å². The molecule has 3 aromatic rings. The lowest BCUT2D eigenvalue weighted by atomic mass is 9.97. The molecule has 1 amide bonds. The number of carbonyl (C=O) groups is 1. The van der Waals surface area contributed by atoms with Crippen molar-refractivity contribution in [3.63, 3.8) is 0 Å². The number of fused-ring (bicyclic) bond motifs is 1. The summed E-state index contributed by atoms with van der Waals surface area (Å²) in [5.41, 5.74) is 3.59. The standard InChI is InChI=1S/C28H33N3O2/c1-20(2)11-10-16-26(32)30-18-17-24-25(19-30)29-21(3)31(28(24)33)27(22-12-6-4-7-13-22)23-14-8-5-9-15-23/h4-9,12-15,20,27H,10-11,16-19H2,1-3H3. The van der Waals surface area contributed by atoms with Crippen LogP contribution in [0.3, 0.4) is 0 Å². The topological polar surface area (TPSA) is 55.2 Å². The van der Waals surface area contributed by atoms with Crippen molar-refractivity contribution in [2.45, 2.75) is 59.0 Å². The van der Waals surface area contributed by atoms with Crippen LogP contribution in [0.2, 0.25) is 0 Å². The van der Waals surface area contributed by atoms with E-state index in [0.29, 0.717) is 37.7 Å². The Labute approximate surface area is 196 Å². The van der Waals surface area contributed by atoms with Crippen molar-refractivity contribution in [3.05, 3.63) is 99.2 Å². The summed E-state index contributed by atoms with van der Waals surface area (Å²) in [5, 5.41) is 0. The average molecular weight is 444 g/mol. The minimum Gasteiger partial charge on any atom is -0.336 e. The van der Waals surface area contributed by atoms with Crippen LogP contribution in [0.5, 0.6) is 0 Å². The van der Waals surface area contributed by atoms with Gasteiger partial charge < -0.3 is 4.90 Å². The third kappa shape index (κ3) is 5.08. The molecule has 0 unspecified atom stereocenters. The van der Waals surface area contributed by atoms with Gasteiger partial charge in [0.1, 0.15) is 5.82 Å². The van der Waals surface area contributed by atoms with Crippen molar-refractivity contribution in [1.82, 2.24) is 14.5 Å². The van der Waals surface area contributed by atoms with E-state index in [1.165, 1.54) is 0 Å². The fraction of sp³-hybridized carbons (Fsp3) is 0.393. The van der Waals surface area contributed by atoms with Gasteiger partial charge in [0.15, 0.2) is 0 Å². The first-order valence-electron chi connectivity index (χ1n) is 11.9. The van der Waals surface area contributed by atoms with Crippen LogP contribution >= 0.6 is 0 Å². The smallest absolute Gasteiger partial charge is 0.257 e. The van der Waals surface area contributed by atoms with E-state index in [4.69, 9.17) is 4.98 Å². The van der Waals surface area contributed by atoms with Gasteiger partial charge in [-0.1, -0.05) is 80.9 Å². The number of carbonyl (C=O) groups excluding carboxylic acids is 1. The fourth-order valence-electron chi connectivity index (χ4n) is 4.72. The lowest BCUT2D eigenvalue weighted by Gasteiger charge is -2.30. The van der Waals surface area contributed by atoms with Gasteiger partial charge in [-0.25, -0.2) is 4.98 Å². The van der Waals surface area contributed by atoms with Gasteiger partial charge in [-0.2, -0.15) is 0 Å². The summed E-state index contributed by atoms with van der Waals surface area (Å²) in [7, 11) is 0. The number of hydrogen-bond donors (Lipinski definition) is 0. The van der Waals surface area contributed by atoms with Crippen LogP contribution in [0.1, 0.15) is 67.4 Å². The Morgan fingerprint density at radius 1 is 1.00 bits per heavy atom. The number of hydrogen-bond acceptors (Lipinski definition) is 3. The Morgan fingerprint density at radius 2 is 1.61 bits per heavy atom. The molecular formula is C28H33N3O2. The summed E-state index contributed by atoms with van der Waals surface area (Å²) in [6, 6.07) is 20.0. The second kappa shape index (κ2) is 10.2. The van der Waals surface area contributed by atoms with Crippen LogP contribution in [-0.2, 0) is 17.8 Å². The van der Waals surface area contributed by atoms with Crippen molar-refractivity contribution >= 4 is 5.91 Å². The molecule has 0 radical (unpaired) electrons. The third-order valence-electron chi connectivity index (χ3n) is 6.46. The molecule has 33 heavy (non-hydrogen) atoms. The highest BCUT2D eigenvalue weighted by Crippen LogP contribution is 2.27. The predicted octanol–water partition coefficient (Wildman–Crippen LogP) is 4.90. The Bertz CT molecular complexity index is 1110. The van der Waals surface area contributed by atoms with E-state index in [1.54, 1.807) is 0 Å². The Balaban J connectivity index is 1.67. The molecule has 1 aliphatic rings. The number of aryl methyl sites for hydroxylation is 1. The van der Waals surface area contributed by atoms with Gasteiger partial charge in [-0.15, -0.1) is 0 Å². The van der Waals surface area contributed by atoms with Crippen molar-refractivity contribution in [3.8, 4) is 0 Å². The molecule has 0 fully saturated rings. The van der Waals surface area contributed by atoms with E-state index in [9.17, 15) is 9.59 Å². The Kier molecular flexibility index (Phi) is 7.07. The Hall–Kier alpha value is -3.21. The molecule has 172 valence electrons. The lowest BCUT2D eigenvalue weighted by Crippen LogP contribution is -2.42. The summed E-state index contributed by atoms with van der Waals surface area (Å²) in [4.78, 5) is 33.2. The highest BCUT2D eigenvalue weighted by Gasteiger charge is 2.28. The summed E-state index contributed by atoms with van der Waals surface area (Å²) >= 11 is 0. The van der Waals surface area contributed by atoms with Crippen LogP contribution in [0.25, 0.3) is 0 Å². The van der Waals surface area contributed by atoms with E-state index >= 15 is 0 Å². The van der Waals surface area contributed by atoms with Crippen LogP contribution in [-0.4, -0.2) is 26.9 Å². The zero-order chi connectivity index (χ0) is 23.4. The predicted molar refractivity (Wildman–Crippen MR) is 131 cm³/mol. The molecule has 0 saturated carbocycles. The maximum absolute atomic E-state index is 13.8. The van der Waals surface area contributed by atoms with Gasteiger partial charge in [0, 0.05) is 18.5 Å². The first-order chi connectivity index (χ1) is 16.0. The van der Waals surface area contributed by atoms with Crippen molar-refractivity contribution < 1.29 is 4.79 Å². The van der Waals surface area contributed by atoms with Crippen molar-refractivity contribution in [2.75, 3.05) is 6.54 Å². The normalized spacial score (nSPS) is 13.4. The molecule has 1 aromatic heterocycles. The number of nitrogens with zero attached hydrogens (tertiary/aromatic N) is 3. The monoisotopic (exact) mass is 443 g/mol. The van der Waals surface area contributed by atoms with Gasteiger partial charge in [-0.05, 0) is 36.8 Å². The maximum atomic E-state index is 13.8. The zero-order valence-electron chi connectivity index (χ0n) is 19.8. The number of rotatable bonds is 7. The summed E-state index contributed by atoms with van der Waals surface area (Å²) in [5.74, 6) is 1.44. The van der Waals surface area contributed by atoms with Gasteiger partial charge in [0.2, 0.25) is 5.91 Å². The summed E-state index contributed by atoms with van der Waals surface area (Å²) < 4.78 is 1.82. The molecule has 0 atom stereocenters. The Morgan fingerprint density at radius 3 is 2.18 bits per heavy atom. The lowest BCUT2D eigenvalue weighted by molar-refractivity contribution is -0.132. The molecule has 1 aliphatic heterocycles. The van der Waals surface area contributed by atoms with E-state index < -0.39 is 0 Å². The largest absolute Gasteiger partial charge is 0.336 e. The average Bonchev–Trinajstić information content (AvgIpc) is 2.82. The molecule has 4 rings (SSSR count). The number of aromatic nitrogens is 2. The van der Waals surface area contributed by atoms with Crippen LogP contribution in [0.4, 0.5) is 0 Å². The van der Waals surface area contributed by atoms with Crippen LogP contribution in [0.15, 0.2) is 65.5 Å². The fourth-order valence-corrected chi connectivity index (χ4v) is 4.72. The molecule has 5 heteroatoms. The van der Waals surface area contributed by atoms with E-state index in [1.807, 2.05) is 52.8 Å². The van der Waals surface area contributed by atoms with E-state index in [0.717, 1.165) is 35.2 Å². The number of benzene rings is 2. The molecule has 0 aliphatic carbocycles. The molecule has 0 spiro atoms. The molecule has 0 saturated heterocycles. The minimum atomic E-state index is -0.242. The first-order valence-corrected chi connectivity index (χ1v) is 11.9. The van der Waals surface area contributed by atoms with Crippen molar-refractivity contribution in [1.29, 1.82) is 0 Å². The maximum Gasteiger partial charge on any atom is 0.257 e. The van der Waals surface area contributed by atoms with Crippen LogP contribution in [0, 0.1) is 12.8 Å². The first kappa shape index (κ1) is 23.0. The van der Waals surface area contributed by atoms with E-state index in [-0.39, 0.29) is 17.5 Å². The quantitative estimate of drug-likeness (QED) is 0.522. The molecule has 2 aromatic carbocycles. The molecule has 2 heterocycles. The highest BCUT2D eigenvalue weighted by molar-refractivity contribution is 5.76. The SMILES string of the molecule is Cc1nc2c(c(=O)n1C(c1ccccc1)c1ccccc1)CCN(C(=O)CCCC(C)C)C2. The van der Waals surface area contributed by atoms with E-state index in [2.05, 4.69) is 38.1 Å². The minimum absolute atomic E-state index is 0.00196. The van der Waals surface area contributed by atoms with Gasteiger partial charge in [-0.3, -0.25) is 14.2 Å². The molecule has 0 bridgehead atoms. The third-order valence-corrected chi connectivity index (χ3v) is 6.46. The second-order valence-electron chi connectivity index (χ2n) is 9.33. The molecule has 0 N–H and O–H groups in total. The van der Waals surface area contributed by atoms with Crippen molar-refractivity contribution in [2.24, 2.45) is 5.92 Å². The molecular weight excluding hydrogens is 410 g/mol. The molecule has 5 nitrogen and oxygen atoms in total. The second-order valence-corrected chi connectivity index (χ2v) is 9.33. The summed E-state index contributed by atoms with van der Waals surface area (Å²) in [6.07, 6.45) is 3.07.